The lowest BCUT2D eigenvalue weighted by atomic mass is 10.1. The van der Waals surface area contributed by atoms with Gasteiger partial charge in [0.25, 0.3) is 0 Å². The average molecular weight is 322 g/mol. The van der Waals surface area contributed by atoms with E-state index in [1.165, 1.54) is 0 Å². The van der Waals surface area contributed by atoms with Crippen molar-refractivity contribution in [3.63, 3.8) is 0 Å². The molecule has 1 fully saturated rings. The number of hydrogen-bond acceptors (Lipinski definition) is 6. The fourth-order valence-corrected chi connectivity index (χ4v) is 2.56. The quantitative estimate of drug-likeness (QED) is 0.886. The molecule has 0 bridgehead atoms. The Morgan fingerprint density at radius 2 is 2.22 bits per heavy atom. The van der Waals surface area contributed by atoms with Gasteiger partial charge in [-0.1, -0.05) is 0 Å². The van der Waals surface area contributed by atoms with Crippen LogP contribution in [0.15, 0.2) is 12.3 Å². The molecule has 7 nitrogen and oxygen atoms in total. The Balaban J connectivity index is 1.99. The van der Waals surface area contributed by atoms with Gasteiger partial charge in [0.15, 0.2) is 0 Å². The third-order valence-corrected chi connectivity index (χ3v) is 3.57. The number of hydrogen-bond donors (Lipinski definition) is 2. The molecule has 23 heavy (non-hydrogen) atoms. The van der Waals surface area contributed by atoms with E-state index in [0.717, 1.165) is 25.2 Å². The molecule has 0 unspecified atom stereocenters. The first-order valence-corrected chi connectivity index (χ1v) is 7.82. The molecule has 7 heteroatoms. The van der Waals surface area contributed by atoms with Gasteiger partial charge in [-0.25, -0.2) is 9.78 Å². The summed E-state index contributed by atoms with van der Waals surface area (Å²) < 4.78 is 10.6. The molecule has 2 rings (SSSR count). The highest BCUT2D eigenvalue weighted by Gasteiger charge is 2.25. The van der Waals surface area contributed by atoms with Gasteiger partial charge in [0, 0.05) is 25.2 Å². The van der Waals surface area contributed by atoms with Crippen molar-refractivity contribution in [2.75, 3.05) is 30.8 Å². The van der Waals surface area contributed by atoms with Crippen LogP contribution in [0.5, 0.6) is 5.75 Å². The first kappa shape index (κ1) is 17.2. The van der Waals surface area contributed by atoms with Crippen LogP contribution in [0.4, 0.5) is 16.3 Å². The number of piperidine rings is 1. The molecule has 0 saturated carbocycles. The summed E-state index contributed by atoms with van der Waals surface area (Å²) in [5, 5.41) is 2.93. The van der Waals surface area contributed by atoms with Crippen molar-refractivity contribution < 1.29 is 14.3 Å². The fourth-order valence-electron chi connectivity index (χ4n) is 2.56. The van der Waals surface area contributed by atoms with Crippen molar-refractivity contribution >= 4 is 17.6 Å². The zero-order valence-corrected chi connectivity index (χ0v) is 14.3. The highest BCUT2D eigenvalue weighted by Crippen LogP contribution is 2.26. The largest absolute Gasteiger partial charge is 0.494 e. The normalized spacial score (nSPS) is 18.4. The van der Waals surface area contributed by atoms with Gasteiger partial charge in [-0.05, 0) is 33.6 Å². The Labute approximate surface area is 137 Å². The summed E-state index contributed by atoms with van der Waals surface area (Å²) in [7, 11) is 1.58. The summed E-state index contributed by atoms with van der Waals surface area (Å²) in [5.74, 6) is 1.41. The molecular formula is C16H26N4O3. The Hall–Kier alpha value is -2.18. The van der Waals surface area contributed by atoms with E-state index in [4.69, 9.17) is 15.2 Å². The van der Waals surface area contributed by atoms with Crippen LogP contribution in [0.2, 0.25) is 0 Å². The number of methoxy groups -OCH3 is 1. The topological polar surface area (TPSA) is 89.7 Å². The van der Waals surface area contributed by atoms with Crippen molar-refractivity contribution in [1.29, 1.82) is 0 Å². The van der Waals surface area contributed by atoms with E-state index < -0.39 is 5.60 Å². The summed E-state index contributed by atoms with van der Waals surface area (Å²) >= 11 is 0. The second-order valence-electron chi connectivity index (χ2n) is 6.72. The maximum Gasteiger partial charge on any atom is 0.407 e. The highest BCUT2D eigenvalue weighted by atomic mass is 16.6. The molecule has 0 aromatic carbocycles. The van der Waals surface area contributed by atoms with Crippen LogP contribution in [0, 0.1) is 0 Å². The number of nitrogen functional groups attached to an aromatic ring is 1. The van der Waals surface area contributed by atoms with Gasteiger partial charge in [-0.15, -0.1) is 0 Å². The van der Waals surface area contributed by atoms with Gasteiger partial charge in [0.2, 0.25) is 0 Å². The van der Waals surface area contributed by atoms with Crippen molar-refractivity contribution in [3.8, 4) is 5.75 Å². The van der Waals surface area contributed by atoms with Gasteiger partial charge in [0.1, 0.15) is 17.2 Å². The monoisotopic (exact) mass is 322 g/mol. The van der Waals surface area contributed by atoms with Crippen LogP contribution in [-0.4, -0.2) is 42.9 Å². The number of amides is 1. The Morgan fingerprint density at radius 3 is 2.87 bits per heavy atom. The van der Waals surface area contributed by atoms with Crippen LogP contribution in [0.3, 0.4) is 0 Å². The molecule has 0 spiro atoms. The third-order valence-electron chi connectivity index (χ3n) is 3.57. The van der Waals surface area contributed by atoms with Crippen LogP contribution in [0.1, 0.15) is 33.6 Å². The fraction of sp³-hybridized carbons (Fsp3) is 0.625. The Morgan fingerprint density at radius 1 is 1.48 bits per heavy atom. The number of rotatable bonds is 3. The zero-order chi connectivity index (χ0) is 17.0. The average Bonchev–Trinajstić information content (AvgIpc) is 2.46. The molecule has 0 aliphatic carbocycles. The van der Waals surface area contributed by atoms with E-state index in [0.29, 0.717) is 18.0 Å². The van der Waals surface area contributed by atoms with Crippen molar-refractivity contribution in [2.45, 2.75) is 45.3 Å². The number of anilines is 2. The molecule has 1 amide bonds. The van der Waals surface area contributed by atoms with Gasteiger partial charge in [-0.2, -0.15) is 0 Å². The van der Waals surface area contributed by atoms with E-state index >= 15 is 0 Å². The Bertz CT molecular complexity index is 557. The summed E-state index contributed by atoms with van der Waals surface area (Å²) in [6.07, 6.45) is 3.10. The van der Waals surface area contributed by atoms with Gasteiger partial charge in [0.05, 0.1) is 19.0 Å². The number of ether oxygens (including phenoxy) is 2. The number of carbonyl (C=O) groups is 1. The lowest BCUT2D eigenvalue weighted by Crippen LogP contribution is -2.49. The Kier molecular flexibility index (Phi) is 5.18. The van der Waals surface area contributed by atoms with E-state index in [1.54, 1.807) is 13.3 Å². The van der Waals surface area contributed by atoms with E-state index in [-0.39, 0.29) is 12.1 Å². The molecule has 0 radical (unpaired) electrons. The number of carbonyl (C=O) groups excluding carboxylic acids is 1. The predicted octanol–water partition coefficient (Wildman–Crippen LogP) is 2.17. The number of pyridine rings is 1. The van der Waals surface area contributed by atoms with Crippen molar-refractivity contribution in [3.05, 3.63) is 12.3 Å². The van der Waals surface area contributed by atoms with E-state index in [9.17, 15) is 4.79 Å². The van der Waals surface area contributed by atoms with E-state index in [1.807, 2.05) is 26.8 Å². The van der Waals surface area contributed by atoms with Crippen molar-refractivity contribution in [1.82, 2.24) is 10.3 Å². The molecule has 2 heterocycles. The minimum atomic E-state index is -0.496. The van der Waals surface area contributed by atoms with Gasteiger partial charge >= 0.3 is 6.09 Å². The summed E-state index contributed by atoms with van der Waals surface area (Å²) in [5.41, 5.74) is 5.82. The van der Waals surface area contributed by atoms with E-state index in [2.05, 4.69) is 15.2 Å². The number of alkyl carbamates (subject to hydrolysis) is 1. The van der Waals surface area contributed by atoms with Crippen molar-refractivity contribution in [2.24, 2.45) is 0 Å². The maximum atomic E-state index is 11.9. The summed E-state index contributed by atoms with van der Waals surface area (Å²) in [6, 6.07) is 1.86. The second-order valence-corrected chi connectivity index (χ2v) is 6.72. The molecule has 1 atom stereocenters. The lowest BCUT2D eigenvalue weighted by Gasteiger charge is -2.34. The molecule has 1 aliphatic rings. The number of nitrogens with one attached hydrogen (secondary N) is 1. The SMILES string of the molecule is COc1cc(N2CCC[C@H](NC(=O)OC(C)(C)C)C2)ncc1N. The summed E-state index contributed by atoms with van der Waals surface area (Å²) in [6.45, 7) is 7.12. The van der Waals surface area contributed by atoms with Gasteiger partial charge in [-0.3, -0.25) is 0 Å². The molecule has 1 aliphatic heterocycles. The third kappa shape index (κ3) is 4.91. The molecule has 1 aromatic heterocycles. The zero-order valence-electron chi connectivity index (χ0n) is 14.3. The predicted molar refractivity (Wildman–Crippen MR) is 89.8 cm³/mol. The molecule has 1 aromatic rings. The standard InChI is InChI=1S/C16H26N4O3/c1-16(2,3)23-15(21)19-11-6-5-7-20(10-11)14-8-13(22-4)12(17)9-18-14/h8-9,11H,5-7,10,17H2,1-4H3,(H,19,21)/t11-/m0/s1. The maximum absolute atomic E-state index is 11.9. The summed E-state index contributed by atoms with van der Waals surface area (Å²) in [4.78, 5) is 18.4. The molecular weight excluding hydrogens is 296 g/mol. The van der Waals surface area contributed by atoms with Crippen LogP contribution < -0.4 is 20.7 Å². The van der Waals surface area contributed by atoms with Crippen LogP contribution in [-0.2, 0) is 4.74 Å². The minimum absolute atomic E-state index is 0.0314. The van der Waals surface area contributed by atoms with Crippen LogP contribution >= 0.6 is 0 Å². The van der Waals surface area contributed by atoms with Gasteiger partial charge < -0.3 is 25.4 Å². The highest BCUT2D eigenvalue weighted by molar-refractivity contribution is 5.68. The smallest absolute Gasteiger partial charge is 0.407 e. The second kappa shape index (κ2) is 6.93. The number of nitrogens with zero attached hydrogens (tertiary/aromatic N) is 2. The molecule has 128 valence electrons. The first-order valence-electron chi connectivity index (χ1n) is 7.82. The number of nitrogens with two attached hydrogens (primary N) is 1. The van der Waals surface area contributed by atoms with Crippen LogP contribution in [0.25, 0.3) is 0 Å². The molecule has 3 N–H and O–H groups in total. The lowest BCUT2D eigenvalue weighted by molar-refractivity contribution is 0.0500. The molecule has 1 saturated heterocycles. The first-order chi connectivity index (χ1) is 10.8. The minimum Gasteiger partial charge on any atom is -0.494 e. The number of aromatic nitrogens is 1.